The van der Waals surface area contributed by atoms with Crippen LogP contribution in [0.15, 0.2) is 30.3 Å². The topological polar surface area (TPSA) is 66.4 Å². The van der Waals surface area contributed by atoms with Crippen LogP contribution in [0.2, 0.25) is 0 Å². The molecule has 18 heavy (non-hydrogen) atoms. The van der Waals surface area contributed by atoms with Crippen molar-refractivity contribution in [3.63, 3.8) is 0 Å². The minimum atomic E-state index is -3.67. The van der Waals surface area contributed by atoms with Crippen molar-refractivity contribution in [3.05, 3.63) is 41.5 Å². The van der Waals surface area contributed by atoms with E-state index in [-0.39, 0.29) is 0 Å². The molecular weight excluding hydrogens is 250 g/mol. The zero-order valence-electron chi connectivity index (χ0n) is 10.00. The average Bonchev–Trinajstić information content (AvgIpc) is 2.67. The second kappa shape index (κ2) is 6.36. The molecule has 0 spiro atoms. The number of rotatable bonds is 2. The molecule has 1 aromatic carbocycles. The van der Waals surface area contributed by atoms with Gasteiger partial charge in [0.25, 0.3) is 10.1 Å². The first-order valence-electron chi connectivity index (χ1n) is 5.28. The zero-order valence-corrected chi connectivity index (χ0v) is 10.8. The van der Waals surface area contributed by atoms with Gasteiger partial charge in [-0.15, -0.1) is 6.42 Å². The van der Waals surface area contributed by atoms with E-state index >= 15 is 0 Å². The molecule has 0 unspecified atom stereocenters. The molecule has 0 amide bonds. The number of fused-ring (bicyclic) bond motifs is 1. The van der Waals surface area contributed by atoms with Gasteiger partial charge in [-0.05, 0) is 11.1 Å². The molecule has 4 nitrogen and oxygen atoms in total. The highest BCUT2D eigenvalue weighted by atomic mass is 32.2. The van der Waals surface area contributed by atoms with Gasteiger partial charge < -0.3 is 0 Å². The summed E-state index contributed by atoms with van der Waals surface area (Å²) < 4.78 is 25.9. The summed E-state index contributed by atoms with van der Waals surface area (Å²) in [4.78, 5) is 0. The van der Waals surface area contributed by atoms with Crippen LogP contribution in [0, 0.1) is 12.3 Å². The van der Waals surface area contributed by atoms with Crippen LogP contribution in [-0.2, 0) is 10.1 Å². The molecule has 1 atom stereocenters. The molecule has 0 fully saturated rings. The minimum absolute atomic E-state index is 0.298. The van der Waals surface area contributed by atoms with Gasteiger partial charge in [0, 0.05) is 0 Å². The Balaban J connectivity index is 0.000000280. The Bertz CT molecular complexity index is 562. The van der Waals surface area contributed by atoms with E-state index < -0.39 is 10.1 Å². The molecule has 0 aliphatic heterocycles. The standard InChI is InChI=1S/C12H11N.CH4O3S/c1-2-9-13-12-8-7-10-5-3-4-6-11(10)12;1-5(2,3)4/h1,3-8,12-13H,9H2;1H3,(H,2,3,4)/t12-;/m1./s1. The summed E-state index contributed by atoms with van der Waals surface area (Å²) in [5.74, 6) is 2.58. The lowest BCUT2D eigenvalue weighted by Gasteiger charge is -2.10. The molecule has 2 rings (SSSR count). The molecule has 0 radical (unpaired) electrons. The monoisotopic (exact) mass is 265 g/mol. The first kappa shape index (κ1) is 14.5. The molecule has 2 N–H and O–H groups in total. The molecule has 1 aliphatic rings. The van der Waals surface area contributed by atoms with Crippen molar-refractivity contribution in [3.8, 4) is 12.3 Å². The second-order valence-electron chi connectivity index (χ2n) is 3.78. The summed E-state index contributed by atoms with van der Waals surface area (Å²) in [6.45, 7) is 0.614. The zero-order chi connectivity index (χ0) is 13.6. The molecule has 0 saturated heterocycles. The number of benzene rings is 1. The van der Waals surface area contributed by atoms with Crippen LogP contribution in [-0.4, -0.2) is 25.8 Å². The van der Waals surface area contributed by atoms with Crippen molar-refractivity contribution >= 4 is 16.2 Å². The predicted molar refractivity (Wildman–Crippen MR) is 72.5 cm³/mol. The van der Waals surface area contributed by atoms with Crippen LogP contribution >= 0.6 is 0 Å². The van der Waals surface area contributed by atoms with Gasteiger partial charge in [-0.3, -0.25) is 9.87 Å². The molecule has 1 aliphatic carbocycles. The highest BCUT2D eigenvalue weighted by molar-refractivity contribution is 7.85. The lowest BCUT2D eigenvalue weighted by molar-refractivity contribution is 0.490. The lowest BCUT2D eigenvalue weighted by atomic mass is 10.1. The molecular formula is C13H15NO3S. The molecule has 0 heterocycles. The molecule has 0 bridgehead atoms. The molecule has 5 heteroatoms. The van der Waals surface area contributed by atoms with Gasteiger partial charge in [0.15, 0.2) is 0 Å². The third-order valence-corrected chi connectivity index (χ3v) is 2.22. The normalized spacial score (nSPS) is 16.4. The smallest absolute Gasteiger partial charge is 0.261 e. The van der Waals surface area contributed by atoms with Gasteiger partial charge in [-0.1, -0.05) is 42.3 Å². The van der Waals surface area contributed by atoms with E-state index in [0.29, 0.717) is 18.8 Å². The van der Waals surface area contributed by atoms with Crippen molar-refractivity contribution in [2.75, 3.05) is 12.8 Å². The summed E-state index contributed by atoms with van der Waals surface area (Å²) in [6.07, 6.45) is 10.2. The average molecular weight is 265 g/mol. The highest BCUT2D eigenvalue weighted by Crippen LogP contribution is 2.27. The minimum Gasteiger partial charge on any atom is -0.296 e. The maximum absolute atomic E-state index is 9.19. The van der Waals surface area contributed by atoms with Gasteiger partial charge in [0.05, 0.1) is 18.8 Å². The van der Waals surface area contributed by atoms with Crippen LogP contribution in [0.1, 0.15) is 17.2 Å². The highest BCUT2D eigenvalue weighted by Gasteiger charge is 2.14. The summed E-state index contributed by atoms with van der Waals surface area (Å²) in [7, 11) is -3.67. The van der Waals surface area contributed by atoms with Gasteiger partial charge in [-0.2, -0.15) is 8.42 Å². The van der Waals surface area contributed by atoms with E-state index in [1.165, 1.54) is 11.1 Å². The molecule has 96 valence electrons. The Morgan fingerprint density at radius 2 is 2.06 bits per heavy atom. The van der Waals surface area contributed by atoms with Gasteiger partial charge in [-0.25, -0.2) is 0 Å². The number of nitrogens with one attached hydrogen (secondary N) is 1. The SMILES string of the molecule is C#CCN[C@@H]1C=Cc2ccccc21.CS(=O)(=O)O. The van der Waals surface area contributed by atoms with E-state index in [0.717, 1.165) is 0 Å². The maximum atomic E-state index is 9.19. The second-order valence-corrected chi connectivity index (χ2v) is 5.25. The predicted octanol–water partition coefficient (Wildman–Crippen LogP) is 1.48. The van der Waals surface area contributed by atoms with E-state index in [9.17, 15) is 8.42 Å². The number of hydrogen-bond donors (Lipinski definition) is 2. The largest absolute Gasteiger partial charge is 0.296 e. The molecule has 0 aromatic heterocycles. The Morgan fingerprint density at radius 1 is 1.44 bits per heavy atom. The van der Waals surface area contributed by atoms with Crippen molar-refractivity contribution < 1.29 is 13.0 Å². The summed E-state index contributed by atoms with van der Waals surface area (Å²) in [5, 5.41) is 3.26. The van der Waals surface area contributed by atoms with E-state index in [2.05, 4.69) is 41.6 Å². The number of hydrogen-bond acceptors (Lipinski definition) is 3. The number of terminal acetylenes is 1. The summed E-state index contributed by atoms with van der Waals surface area (Å²) in [5.41, 5.74) is 2.61. The lowest BCUT2D eigenvalue weighted by Crippen LogP contribution is -2.18. The van der Waals surface area contributed by atoms with Crippen LogP contribution in [0.4, 0.5) is 0 Å². The molecule has 0 saturated carbocycles. The molecule has 1 aromatic rings. The Labute approximate surface area is 107 Å². The van der Waals surface area contributed by atoms with Crippen LogP contribution < -0.4 is 5.32 Å². The van der Waals surface area contributed by atoms with E-state index in [1.807, 2.05) is 6.07 Å². The van der Waals surface area contributed by atoms with Crippen LogP contribution in [0.5, 0.6) is 0 Å². The maximum Gasteiger partial charge on any atom is 0.261 e. The van der Waals surface area contributed by atoms with Gasteiger partial charge in [0.1, 0.15) is 0 Å². The van der Waals surface area contributed by atoms with Crippen molar-refractivity contribution in [2.24, 2.45) is 0 Å². The quantitative estimate of drug-likeness (QED) is 0.628. The third kappa shape index (κ3) is 5.15. The Hall–Kier alpha value is -1.61. The first-order valence-corrected chi connectivity index (χ1v) is 7.13. The first-order chi connectivity index (χ1) is 8.42. The van der Waals surface area contributed by atoms with Crippen molar-refractivity contribution in [2.45, 2.75) is 6.04 Å². The van der Waals surface area contributed by atoms with E-state index in [4.69, 9.17) is 11.0 Å². The fourth-order valence-electron chi connectivity index (χ4n) is 1.60. The Morgan fingerprint density at radius 3 is 2.67 bits per heavy atom. The summed E-state index contributed by atoms with van der Waals surface area (Å²) in [6, 6.07) is 8.64. The summed E-state index contributed by atoms with van der Waals surface area (Å²) >= 11 is 0. The van der Waals surface area contributed by atoms with Crippen molar-refractivity contribution in [1.29, 1.82) is 0 Å². The van der Waals surface area contributed by atoms with Crippen LogP contribution in [0.3, 0.4) is 0 Å². The van der Waals surface area contributed by atoms with E-state index in [1.54, 1.807) is 0 Å². The Kier molecular flexibility index (Phi) is 5.10. The van der Waals surface area contributed by atoms with Crippen molar-refractivity contribution in [1.82, 2.24) is 5.32 Å². The van der Waals surface area contributed by atoms with Gasteiger partial charge in [0.2, 0.25) is 0 Å². The van der Waals surface area contributed by atoms with Gasteiger partial charge >= 0.3 is 0 Å². The van der Waals surface area contributed by atoms with Crippen LogP contribution in [0.25, 0.3) is 6.08 Å². The fourth-order valence-corrected chi connectivity index (χ4v) is 1.60. The fraction of sp³-hybridized carbons (Fsp3) is 0.231. The third-order valence-electron chi connectivity index (χ3n) is 2.22.